The Morgan fingerprint density at radius 3 is 2.64 bits per heavy atom. The van der Waals surface area contributed by atoms with Gasteiger partial charge in [-0.25, -0.2) is 13.8 Å². The van der Waals surface area contributed by atoms with Gasteiger partial charge in [-0.1, -0.05) is 17.7 Å². The number of carbonyl (C=O) groups excluding carboxylic acids is 1. The SMILES string of the molecule is Cc1cc(NC(=O)c2cnn(-c3cccc(Cl)c3)c2)n(-c2ccc(F)cc2)n1. The van der Waals surface area contributed by atoms with Crippen LogP contribution in [0.1, 0.15) is 16.1 Å². The highest BCUT2D eigenvalue weighted by Gasteiger charge is 2.14. The maximum absolute atomic E-state index is 13.2. The number of aromatic nitrogens is 4. The summed E-state index contributed by atoms with van der Waals surface area (Å²) >= 11 is 6.01. The number of hydrogen-bond donors (Lipinski definition) is 1. The van der Waals surface area contributed by atoms with Crippen LogP contribution in [0.5, 0.6) is 0 Å². The fourth-order valence-corrected chi connectivity index (χ4v) is 2.94. The van der Waals surface area contributed by atoms with E-state index in [1.807, 2.05) is 19.1 Å². The first-order valence-corrected chi connectivity index (χ1v) is 8.82. The Bertz CT molecular complexity index is 1150. The van der Waals surface area contributed by atoms with E-state index in [9.17, 15) is 9.18 Å². The van der Waals surface area contributed by atoms with Gasteiger partial charge in [-0.05, 0) is 49.4 Å². The van der Waals surface area contributed by atoms with Gasteiger partial charge < -0.3 is 5.32 Å². The molecule has 28 heavy (non-hydrogen) atoms. The molecule has 0 saturated carbocycles. The van der Waals surface area contributed by atoms with E-state index in [1.165, 1.54) is 18.3 Å². The number of halogens is 2. The molecule has 0 spiro atoms. The van der Waals surface area contributed by atoms with E-state index in [-0.39, 0.29) is 11.7 Å². The summed E-state index contributed by atoms with van der Waals surface area (Å²) in [7, 11) is 0. The van der Waals surface area contributed by atoms with Crippen molar-refractivity contribution in [2.45, 2.75) is 6.92 Å². The molecule has 0 bridgehead atoms. The van der Waals surface area contributed by atoms with Gasteiger partial charge in [-0.15, -0.1) is 0 Å². The normalized spacial score (nSPS) is 10.8. The highest BCUT2D eigenvalue weighted by atomic mass is 35.5. The van der Waals surface area contributed by atoms with Crippen molar-refractivity contribution in [3.05, 3.63) is 89.1 Å². The van der Waals surface area contributed by atoms with Gasteiger partial charge in [0.25, 0.3) is 5.91 Å². The zero-order valence-corrected chi connectivity index (χ0v) is 15.6. The van der Waals surface area contributed by atoms with E-state index in [0.717, 1.165) is 5.69 Å². The van der Waals surface area contributed by atoms with Crippen molar-refractivity contribution in [1.29, 1.82) is 0 Å². The molecule has 1 N–H and O–H groups in total. The van der Waals surface area contributed by atoms with Gasteiger partial charge in [-0.3, -0.25) is 4.79 Å². The average Bonchev–Trinajstić information content (AvgIpc) is 3.30. The molecule has 0 atom stereocenters. The minimum absolute atomic E-state index is 0.337. The first-order valence-electron chi connectivity index (χ1n) is 8.44. The maximum Gasteiger partial charge on any atom is 0.260 e. The molecule has 8 heteroatoms. The summed E-state index contributed by atoms with van der Waals surface area (Å²) in [5.41, 5.74) is 2.48. The van der Waals surface area contributed by atoms with E-state index >= 15 is 0 Å². The Morgan fingerprint density at radius 2 is 1.89 bits per heavy atom. The molecule has 0 unspecified atom stereocenters. The fraction of sp³-hybridized carbons (Fsp3) is 0.0500. The predicted octanol–water partition coefficient (Wildman–Crippen LogP) is 4.41. The minimum Gasteiger partial charge on any atom is -0.306 e. The molecule has 2 heterocycles. The molecule has 0 aliphatic carbocycles. The number of benzene rings is 2. The number of nitrogens with zero attached hydrogens (tertiary/aromatic N) is 4. The third kappa shape index (κ3) is 3.65. The molecule has 2 aromatic carbocycles. The summed E-state index contributed by atoms with van der Waals surface area (Å²) < 4.78 is 16.3. The molecule has 1 amide bonds. The van der Waals surface area contributed by atoms with Gasteiger partial charge in [0.2, 0.25) is 0 Å². The number of amides is 1. The second-order valence-corrected chi connectivity index (χ2v) is 6.60. The lowest BCUT2D eigenvalue weighted by atomic mass is 10.3. The van der Waals surface area contributed by atoms with Crippen molar-refractivity contribution >= 4 is 23.3 Å². The van der Waals surface area contributed by atoms with Crippen LogP contribution in [0.2, 0.25) is 5.02 Å². The fourth-order valence-electron chi connectivity index (χ4n) is 2.76. The van der Waals surface area contributed by atoms with Crippen LogP contribution in [0.4, 0.5) is 10.2 Å². The van der Waals surface area contributed by atoms with Gasteiger partial charge in [0, 0.05) is 17.3 Å². The van der Waals surface area contributed by atoms with E-state index < -0.39 is 0 Å². The molecule has 0 radical (unpaired) electrons. The second kappa shape index (κ2) is 7.28. The van der Waals surface area contributed by atoms with Crippen LogP contribution >= 0.6 is 11.6 Å². The van der Waals surface area contributed by atoms with Crippen molar-refractivity contribution in [2.75, 3.05) is 5.32 Å². The third-order valence-electron chi connectivity index (χ3n) is 4.06. The summed E-state index contributed by atoms with van der Waals surface area (Å²) in [5, 5.41) is 12.0. The number of anilines is 1. The van der Waals surface area contributed by atoms with Gasteiger partial charge in [-0.2, -0.15) is 10.2 Å². The van der Waals surface area contributed by atoms with Crippen molar-refractivity contribution < 1.29 is 9.18 Å². The van der Waals surface area contributed by atoms with Crippen LogP contribution in [0.15, 0.2) is 67.0 Å². The van der Waals surface area contributed by atoms with E-state index in [1.54, 1.807) is 45.9 Å². The molecule has 0 aliphatic heterocycles. The van der Waals surface area contributed by atoms with Gasteiger partial charge >= 0.3 is 0 Å². The van der Waals surface area contributed by atoms with Gasteiger partial charge in [0.05, 0.1) is 28.8 Å². The third-order valence-corrected chi connectivity index (χ3v) is 4.30. The molecular formula is C20H15ClFN5O. The Hall–Kier alpha value is -3.45. The quantitative estimate of drug-likeness (QED) is 0.556. The number of hydrogen-bond acceptors (Lipinski definition) is 3. The molecule has 6 nitrogen and oxygen atoms in total. The highest BCUT2D eigenvalue weighted by Crippen LogP contribution is 2.19. The summed E-state index contributed by atoms with van der Waals surface area (Å²) in [6.07, 6.45) is 3.09. The van der Waals surface area contributed by atoms with Crippen molar-refractivity contribution in [1.82, 2.24) is 19.6 Å². The van der Waals surface area contributed by atoms with Crippen molar-refractivity contribution in [3.63, 3.8) is 0 Å². The lowest BCUT2D eigenvalue weighted by Gasteiger charge is -2.08. The zero-order chi connectivity index (χ0) is 19.7. The largest absolute Gasteiger partial charge is 0.306 e. The topological polar surface area (TPSA) is 64.7 Å². The second-order valence-electron chi connectivity index (χ2n) is 6.17. The van der Waals surface area contributed by atoms with Gasteiger partial charge in [0.1, 0.15) is 11.6 Å². The number of rotatable bonds is 4. The molecule has 4 rings (SSSR count). The average molecular weight is 396 g/mol. The Balaban J connectivity index is 1.59. The molecule has 140 valence electrons. The van der Waals surface area contributed by atoms with E-state index in [2.05, 4.69) is 15.5 Å². The Morgan fingerprint density at radius 1 is 1.11 bits per heavy atom. The summed E-state index contributed by atoms with van der Waals surface area (Å²) in [6, 6.07) is 14.8. The van der Waals surface area contributed by atoms with Crippen LogP contribution in [-0.4, -0.2) is 25.5 Å². The van der Waals surface area contributed by atoms with E-state index in [0.29, 0.717) is 27.8 Å². The van der Waals surface area contributed by atoms with Crippen LogP contribution < -0.4 is 5.32 Å². The zero-order valence-electron chi connectivity index (χ0n) is 14.8. The van der Waals surface area contributed by atoms with Crippen LogP contribution in [0.25, 0.3) is 11.4 Å². The molecular weight excluding hydrogens is 381 g/mol. The number of carbonyl (C=O) groups is 1. The monoisotopic (exact) mass is 395 g/mol. The molecule has 2 aromatic heterocycles. The summed E-state index contributed by atoms with van der Waals surface area (Å²) in [4.78, 5) is 12.7. The van der Waals surface area contributed by atoms with Gasteiger partial charge in [0.15, 0.2) is 0 Å². The molecule has 4 aromatic rings. The maximum atomic E-state index is 13.2. The van der Waals surface area contributed by atoms with Crippen molar-refractivity contribution in [2.24, 2.45) is 0 Å². The minimum atomic E-state index is -0.341. The standard InChI is InChI=1S/C20H15ClFN5O/c1-13-9-19(27(25-13)17-7-5-16(22)6-8-17)24-20(28)14-11-23-26(12-14)18-4-2-3-15(21)10-18/h2-12H,1H3,(H,24,28). The molecule has 0 fully saturated rings. The first-order chi connectivity index (χ1) is 13.5. The summed E-state index contributed by atoms with van der Waals surface area (Å²) in [5.74, 6) is -0.201. The predicted molar refractivity (Wildman–Crippen MR) is 105 cm³/mol. The Kier molecular flexibility index (Phi) is 4.67. The smallest absolute Gasteiger partial charge is 0.260 e. The Labute approximate surface area is 165 Å². The van der Waals surface area contributed by atoms with Crippen molar-refractivity contribution in [3.8, 4) is 11.4 Å². The summed E-state index contributed by atoms with van der Waals surface area (Å²) in [6.45, 7) is 1.81. The van der Waals surface area contributed by atoms with Crippen LogP contribution in [0.3, 0.4) is 0 Å². The first kappa shape index (κ1) is 17.9. The lowest BCUT2D eigenvalue weighted by molar-refractivity contribution is 0.102. The van der Waals surface area contributed by atoms with Crippen LogP contribution in [0, 0.1) is 12.7 Å². The number of aryl methyl sites for hydroxylation is 1. The molecule has 0 saturated heterocycles. The number of nitrogens with one attached hydrogen (secondary N) is 1. The van der Waals surface area contributed by atoms with Crippen LogP contribution in [-0.2, 0) is 0 Å². The van der Waals surface area contributed by atoms with E-state index in [4.69, 9.17) is 11.6 Å². The molecule has 0 aliphatic rings. The highest BCUT2D eigenvalue weighted by molar-refractivity contribution is 6.30. The lowest BCUT2D eigenvalue weighted by Crippen LogP contribution is -2.14.